The minimum absolute atomic E-state index is 0.157. The molecule has 176 valence electrons. The molecule has 0 radical (unpaired) electrons. The fraction of sp³-hybridized carbons (Fsp3) is 0.217. The lowest BCUT2D eigenvalue weighted by Gasteiger charge is -2.15. The maximum atomic E-state index is 13.7. The van der Waals surface area contributed by atoms with E-state index in [1.165, 1.54) is 30.6 Å². The Hall–Kier alpha value is -3.73. The van der Waals surface area contributed by atoms with Gasteiger partial charge < -0.3 is 14.8 Å². The van der Waals surface area contributed by atoms with Crippen molar-refractivity contribution in [1.29, 1.82) is 0 Å². The Morgan fingerprint density at radius 1 is 1.09 bits per heavy atom. The molecule has 0 spiro atoms. The number of pyridine rings is 1. The first-order valence-electron chi connectivity index (χ1n) is 10.2. The molecule has 0 unspecified atom stereocenters. The number of hydrogen-bond donors (Lipinski definition) is 1. The lowest BCUT2D eigenvalue weighted by Crippen LogP contribution is -2.10. The van der Waals surface area contributed by atoms with Crippen LogP contribution in [0, 0.1) is 0 Å². The molecule has 0 aliphatic rings. The molecule has 34 heavy (non-hydrogen) atoms. The summed E-state index contributed by atoms with van der Waals surface area (Å²) in [5.74, 6) is -0.209. The van der Waals surface area contributed by atoms with Gasteiger partial charge in [-0.3, -0.25) is 4.98 Å². The second kappa shape index (κ2) is 10.5. The zero-order valence-electron chi connectivity index (χ0n) is 18.0. The molecule has 0 aliphatic heterocycles. The van der Waals surface area contributed by atoms with E-state index in [4.69, 9.17) is 9.47 Å². The standard InChI is InChI=1S/C23H20F3N5O2S/c1-32-21-28-12-16(13-29-21)19-14-34-22(31-19)30-17-6-7-20(18(10-17)23(24,25)26)33-9-3-5-15-4-2-8-27-11-15/h2,4,6-8,10-14H,3,5,9H2,1H3,(H,30,31). The van der Waals surface area contributed by atoms with Crippen LogP contribution in [-0.4, -0.2) is 33.7 Å². The largest absolute Gasteiger partial charge is 0.493 e. The van der Waals surface area contributed by atoms with Gasteiger partial charge in [-0.25, -0.2) is 15.0 Å². The van der Waals surface area contributed by atoms with E-state index < -0.39 is 11.7 Å². The SMILES string of the molecule is COc1ncc(-c2csc(Nc3ccc(OCCCc4cccnc4)c(C(F)(F)F)c3)n2)cn1. The zero-order chi connectivity index (χ0) is 24.0. The fourth-order valence-electron chi connectivity index (χ4n) is 3.10. The van der Waals surface area contributed by atoms with E-state index in [2.05, 4.69) is 25.3 Å². The first-order valence-corrected chi connectivity index (χ1v) is 11.1. The number of methoxy groups -OCH3 is 1. The number of hydrogen-bond acceptors (Lipinski definition) is 8. The van der Waals surface area contributed by atoms with Crippen LogP contribution in [0.2, 0.25) is 0 Å². The molecule has 3 aromatic heterocycles. The minimum atomic E-state index is -4.56. The Balaban J connectivity index is 1.43. The zero-order valence-corrected chi connectivity index (χ0v) is 18.9. The average Bonchev–Trinajstić information content (AvgIpc) is 3.31. The van der Waals surface area contributed by atoms with Gasteiger partial charge in [-0.2, -0.15) is 13.2 Å². The van der Waals surface area contributed by atoms with Crippen LogP contribution in [0.3, 0.4) is 0 Å². The molecule has 1 aromatic carbocycles. The number of anilines is 2. The van der Waals surface area contributed by atoms with E-state index >= 15 is 0 Å². The van der Waals surface area contributed by atoms with Crippen molar-refractivity contribution in [3.8, 4) is 23.0 Å². The van der Waals surface area contributed by atoms with E-state index in [0.717, 1.165) is 11.6 Å². The summed E-state index contributed by atoms with van der Waals surface area (Å²) in [6, 6.07) is 7.84. The number of thiazole rings is 1. The molecule has 7 nitrogen and oxygen atoms in total. The van der Waals surface area contributed by atoms with Gasteiger partial charge in [-0.15, -0.1) is 11.3 Å². The predicted octanol–water partition coefficient (Wildman–Crippen LogP) is 5.78. The molecule has 0 atom stereocenters. The van der Waals surface area contributed by atoms with Gasteiger partial charge in [-0.1, -0.05) is 6.07 Å². The summed E-state index contributed by atoms with van der Waals surface area (Å²) >= 11 is 1.25. The number of aromatic nitrogens is 4. The lowest BCUT2D eigenvalue weighted by molar-refractivity contribution is -0.138. The van der Waals surface area contributed by atoms with Gasteiger partial charge >= 0.3 is 12.2 Å². The number of halogens is 3. The van der Waals surface area contributed by atoms with E-state index in [0.29, 0.717) is 29.2 Å². The van der Waals surface area contributed by atoms with Crippen LogP contribution in [0.4, 0.5) is 24.0 Å². The minimum Gasteiger partial charge on any atom is -0.493 e. The monoisotopic (exact) mass is 487 g/mol. The number of nitrogens with one attached hydrogen (secondary N) is 1. The Kier molecular flexibility index (Phi) is 7.21. The summed E-state index contributed by atoms with van der Waals surface area (Å²) in [5, 5.41) is 5.12. The smallest absolute Gasteiger partial charge is 0.420 e. The summed E-state index contributed by atoms with van der Waals surface area (Å²) in [4.78, 5) is 16.5. The van der Waals surface area contributed by atoms with Gasteiger partial charge in [-0.05, 0) is 42.7 Å². The van der Waals surface area contributed by atoms with Gasteiger partial charge in [0.2, 0.25) is 0 Å². The second-order valence-electron chi connectivity index (χ2n) is 7.14. The van der Waals surface area contributed by atoms with Crippen LogP contribution < -0.4 is 14.8 Å². The van der Waals surface area contributed by atoms with Crippen molar-refractivity contribution in [2.45, 2.75) is 19.0 Å². The number of ether oxygens (including phenoxy) is 2. The quantitative estimate of drug-likeness (QED) is 0.300. The number of benzene rings is 1. The van der Waals surface area contributed by atoms with E-state index in [1.807, 2.05) is 12.1 Å². The van der Waals surface area contributed by atoms with Crippen LogP contribution in [0.1, 0.15) is 17.5 Å². The number of alkyl halides is 3. The van der Waals surface area contributed by atoms with Crippen LogP contribution >= 0.6 is 11.3 Å². The number of aryl methyl sites for hydroxylation is 1. The maximum Gasteiger partial charge on any atom is 0.420 e. The molecule has 0 saturated carbocycles. The Labute approximate surface area is 197 Å². The van der Waals surface area contributed by atoms with Crippen molar-refractivity contribution in [2.75, 3.05) is 19.0 Å². The highest BCUT2D eigenvalue weighted by Crippen LogP contribution is 2.39. The number of nitrogens with zero attached hydrogens (tertiary/aromatic N) is 4. The molecule has 0 fully saturated rings. The van der Waals surface area contributed by atoms with Gasteiger partial charge in [0, 0.05) is 41.4 Å². The van der Waals surface area contributed by atoms with Crippen molar-refractivity contribution in [3.63, 3.8) is 0 Å². The van der Waals surface area contributed by atoms with E-state index in [1.54, 1.807) is 30.2 Å². The molecule has 0 saturated heterocycles. The first-order chi connectivity index (χ1) is 16.4. The van der Waals surface area contributed by atoms with E-state index in [-0.39, 0.29) is 24.1 Å². The Morgan fingerprint density at radius 2 is 1.91 bits per heavy atom. The van der Waals surface area contributed by atoms with Crippen LogP contribution in [0.25, 0.3) is 11.3 Å². The molecule has 1 N–H and O–H groups in total. The Morgan fingerprint density at radius 3 is 2.62 bits per heavy atom. The van der Waals surface area contributed by atoms with Gasteiger partial charge in [0.1, 0.15) is 5.75 Å². The molecule has 0 aliphatic carbocycles. The van der Waals surface area contributed by atoms with Crippen LogP contribution in [0.15, 0.2) is 60.5 Å². The normalized spacial score (nSPS) is 11.3. The lowest BCUT2D eigenvalue weighted by atomic mass is 10.1. The van der Waals surface area contributed by atoms with Gasteiger partial charge in [0.25, 0.3) is 0 Å². The van der Waals surface area contributed by atoms with Crippen molar-refractivity contribution >= 4 is 22.2 Å². The van der Waals surface area contributed by atoms with Gasteiger partial charge in [0.05, 0.1) is 25.0 Å². The third-order valence-corrected chi connectivity index (χ3v) is 5.49. The number of rotatable bonds is 9. The van der Waals surface area contributed by atoms with Gasteiger partial charge in [0.15, 0.2) is 5.13 Å². The third-order valence-electron chi connectivity index (χ3n) is 4.74. The van der Waals surface area contributed by atoms with Crippen molar-refractivity contribution in [2.24, 2.45) is 0 Å². The molecule has 0 bridgehead atoms. The molecule has 4 rings (SSSR count). The van der Waals surface area contributed by atoms with E-state index in [9.17, 15) is 13.2 Å². The van der Waals surface area contributed by atoms with Crippen LogP contribution in [0.5, 0.6) is 11.8 Å². The highest BCUT2D eigenvalue weighted by Gasteiger charge is 2.34. The van der Waals surface area contributed by atoms with Crippen LogP contribution in [-0.2, 0) is 12.6 Å². The summed E-state index contributed by atoms with van der Waals surface area (Å²) in [6.45, 7) is 0.157. The molecular formula is C23H20F3N5O2S. The maximum absolute atomic E-state index is 13.7. The highest BCUT2D eigenvalue weighted by atomic mass is 32.1. The summed E-state index contributed by atoms with van der Waals surface area (Å²) < 4.78 is 51.4. The van der Waals surface area contributed by atoms with Crippen molar-refractivity contribution in [3.05, 3.63) is 71.6 Å². The molecule has 4 aromatic rings. The fourth-order valence-corrected chi connectivity index (χ4v) is 3.84. The summed E-state index contributed by atoms with van der Waals surface area (Å²) in [6.07, 6.45) is 3.20. The van der Waals surface area contributed by atoms with Crippen molar-refractivity contribution in [1.82, 2.24) is 19.9 Å². The highest BCUT2D eigenvalue weighted by molar-refractivity contribution is 7.14. The van der Waals surface area contributed by atoms with Crippen molar-refractivity contribution < 1.29 is 22.6 Å². The molecule has 0 amide bonds. The average molecular weight is 488 g/mol. The topological polar surface area (TPSA) is 82.0 Å². The Bertz CT molecular complexity index is 1220. The molecule has 3 heterocycles. The first kappa shape index (κ1) is 23.4. The third kappa shape index (κ3) is 5.98. The predicted molar refractivity (Wildman–Crippen MR) is 122 cm³/mol. The molecular weight excluding hydrogens is 467 g/mol. The second-order valence-corrected chi connectivity index (χ2v) is 8.00. The molecule has 11 heteroatoms. The summed E-state index contributed by atoms with van der Waals surface area (Å²) in [5.41, 5.74) is 1.67. The summed E-state index contributed by atoms with van der Waals surface area (Å²) in [7, 11) is 1.47.